The van der Waals surface area contributed by atoms with Crippen LogP contribution in [0.15, 0.2) is 4.52 Å². The second kappa shape index (κ2) is 7.71. The molecule has 0 amide bonds. The molecule has 0 bridgehead atoms. The van der Waals surface area contributed by atoms with Gasteiger partial charge >= 0.3 is 0 Å². The van der Waals surface area contributed by atoms with Crippen LogP contribution in [0.4, 0.5) is 0 Å². The van der Waals surface area contributed by atoms with Crippen LogP contribution in [0.2, 0.25) is 0 Å². The molecular formula is C17H28N2O2. The molecule has 1 fully saturated rings. The highest BCUT2D eigenvalue weighted by atomic mass is 16.5. The van der Waals surface area contributed by atoms with Crippen molar-refractivity contribution in [3.05, 3.63) is 11.7 Å². The minimum absolute atomic E-state index is 0.187. The number of carbonyl (C=O) groups excluding carboxylic acids is 1. The van der Waals surface area contributed by atoms with Gasteiger partial charge in [-0.15, -0.1) is 0 Å². The van der Waals surface area contributed by atoms with Crippen molar-refractivity contribution >= 4 is 5.78 Å². The zero-order valence-electron chi connectivity index (χ0n) is 13.6. The van der Waals surface area contributed by atoms with Crippen molar-refractivity contribution in [2.24, 2.45) is 11.8 Å². The van der Waals surface area contributed by atoms with Crippen LogP contribution in [0.5, 0.6) is 0 Å². The van der Waals surface area contributed by atoms with E-state index in [1.54, 1.807) is 0 Å². The molecule has 1 aliphatic rings. The molecule has 1 aliphatic carbocycles. The van der Waals surface area contributed by atoms with E-state index < -0.39 is 0 Å². The highest BCUT2D eigenvalue weighted by Gasteiger charge is 2.25. The van der Waals surface area contributed by atoms with Gasteiger partial charge in [0.05, 0.1) is 6.42 Å². The molecule has 2 rings (SSSR count). The standard InChI is InChI=1S/C17H28N2O2/c1-4-5-13-6-8-14(9-7-13)17-18-16(21-19-17)11-15(20)10-12(2)3/h12-14H,4-11H2,1-3H3. The van der Waals surface area contributed by atoms with Gasteiger partial charge in [-0.3, -0.25) is 4.79 Å². The van der Waals surface area contributed by atoms with Crippen LogP contribution >= 0.6 is 0 Å². The van der Waals surface area contributed by atoms with Gasteiger partial charge < -0.3 is 4.52 Å². The molecule has 0 atom stereocenters. The van der Waals surface area contributed by atoms with Crippen LogP contribution in [-0.2, 0) is 11.2 Å². The molecule has 118 valence electrons. The number of hydrogen-bond donors (Lipinski definition) is 0. The van der Waals surface area contributed by atoms with E-state index in [1.165, 1.54) is 25.7 Å². The van der Waals surface area contributed by atoms with E-state index in [9.17, 15) is 4.79 Å². The summed E-state index contributed by atoms with van der Waals surface area (Å²) in [5.41, 5.74) is 0. The Labute approximate surface area is 127 Å². The van der Waals surface area contributed by atoms with Gasteiger partial charge in [-0.2, -0.15) is 4.98 Å². The number of aromatic nitrogens is 2. The number of nitrogens with zero attached hydrogens (tertiary/aromatic N) is 2. The van der Waals surface area contributed by atoms with Crippen LogP contribution in [-0.4, -0.2) is 15.9 Å². The van der Waals surface area contributed by atoms with Crippen molar-refractivity contribution in [3.8, 4) is 0 Å². The molecule has 0 unspecified atom stereocenters. The number of hydrogen-bond acceptors (Lipinski definition) is 4. The van der Waals surface area contributed by atoms with Crippen LogP contribution < -0.4 is 0 Å². The first-order valence-corrected chi connectivity index (χ1v) is 8.42. The van der Waals surface area contributed by atoms with Crippen molar-refractivity contribution in [2.75, 3.05) is 0 Å². The molecular weight excluding hydrogens is 264 g/mol. The number of Topliss-reactive ketones (excluding diaryl/α,β-unsaturated/α-hetero) is 1. The predicted octanol–water partition coefficient (Wildman–Crippen LogP) is 4.30. The molecule has 1 aromatic heterocycles. The summed E-state index contributed by atoms with van der Waals surface area (Å²) in [6, 6.07) is 0. The molecule has 0 N–H and O–H groups in total. The van der Waals surface area contributed by atoms with E-state index in [0.717, 1.165) is 24.6 Å². The Morgan fingerprint density at radius 3 is 2.62 bits per heavy atom. The number of rotatable bonds is 7. The Bertz CT molecular complexity index is 445. The molecule has 0 radical (unpaired) electrons. The fourth-order valence-corrected chi connectivity index (χ4v) is 3.32. The molecule has 0 aliphatic heterocycles. The fraction of sp³-hybridized carbons (Fsp3) is 0.824. The molecule has 1 heterocycles. The zero-order valence-corrected chi connectivity index (χ0v) is 13.6. The lowest BCUT2D eigenvalue weighted by Crippen LogP contribution is -2.14. The first-order valence-electron chi connectivity index (χ1n) is 8.42. The second-order valence-corrected chi connectivity index (χ2v) is 6.87. The van der Waals surface area contributed by atoms with E-state index in [1.807, 2.05) is 13.8 Å². The summed E-state index contributed by atoms with van der Waals surface area (Å²) < 4.78 is 5.26. The van der Waals surface area contributed by atoms with E-state index in [0.29, 0.717) is 24.1 Å². The molecule has 0 aromatic carbocycles. The van der Waals surface area contributed by atoms with Crippen LogP contribution in [0, 0.1) is 11.8 Å². The van der Waals surface area contributed by atoms with Gasteiger partial charge in [-0.25, -0.2) is 0 Å². The van der Waals surface area contributed by atoms with Gasteiger partial charge in [0.1, 0.15) is 5.78 Å². The van der Waals surface area contributed by atoms with Gasteiger partial charge in [0, 0.05) is 12.3 Å². The third kappa shape index (κ3) is 4.94. The average molecular weight is 292 g/mol. The number of carbonyl (C=O) groups is 1. The first kappa shape index (κ1) is 16.2. The summed E-state index contributed by atoms with van der Waals surface area (Å²) in [5.74, 6) is 3.19. The average Bonchev–Trinajstić information content (AvgIpc) is 2.87. The monoisotopic (exact) mass is 292 g/mol. The van der Waals surface area contributed by atoms with E-state index in [2.05, 4.69) is 17.1 Å². The SMILES string of the molecule is CCCC1CCC(c2noc(CC(=O)CC(C)C)n2)CC1. The summed E-state index contributed by atoms with van der Waals surface area (Å²) in [6.45, 7) is 6.35. The Balaban J connectivity index is 1.84. The molecule has 4 heteroatoms. The second-order valence-electron chi connectivity index (χ2n) is 6.87. The lowest BCUT2D eigenvalue weighted by atomic mass is 9.80. The molecule has 0 saturated heterocycles. The van der Waals surface area contributed by atoms with Crippen molar-refractivity contribution in [1.82, 2.24) is 10.1 Å². The lowest BCUT2D eigenvalue weighted by molar-refractivity contribution is -0.119. The smallest absolute Gasteiger partial charge is 0.234 e. The third-order valence-corrected chi connectivity index (χ3v) is 4.38. The minimum atomic E-state index is 0.187. The largest absolute Gasteiger partial charge is 0.339 e. The maximum absolute atomic E-state index is 11.8. The van der Waals surface area contributed by atoms with Gasteiger partial charge in [-0.05, 0) is 37.5 Å². The Kier molecular flexibility index (Phi) is 5.95. The zero-order chi connectivity index (χ0) is 15.2. The highest BCUT2D eigenvalue weighted by Crippen LogP contribution is 2.36. The molecule has 0 spiro atoms. The summed E-state index contributed by atoms with van der Waals surface area (Å²) in [6.07, 6.45) is 8.35. The topological polar surface area (TPSA) is 56.0 Å². The van der Waals surface area contributed by atoms with Crippen molar-refractivity contribution in [3.63, 3.8) is 0 Å². The van der Waals surface area contributed by atoms with Crippen LogP contribution in [0.1, 0.15) is 83.3 Å². The highest BCUT2D eigenvalue weighted by molar-refractivity contribution is 5.80. The fourth-order valence-electron chi connectivity index (χ4n) is 3.32. The van der Waals surface area contributed by atoms with Crippen molar-refractivity contribution < 1.29 is 9.32 Å². The summed E-state index contributed by atoms with van der Waals surface area (Å²) in [7, 11) is 0. The van der Waals surface area contributed by atoms with Crippen LogP contribution in [0.25, 0.3) is 0 Å². The van der Waals surface area contributed by atoms with E-state index in [4.69, 9.17) is 4.52 Å². The summed E-state index contributed by atoms with van der Waals surface area (Å²) in [5, 5.41) is 4.10. The molecule has 21 heavy (non-hydrogen) atoms. The molecule has 4 nitrogen and oxygen atoms in total. The minimum Gasteiger partial charge on any atom is -0.339 e. The first-order chi connectivity index (χ1) is 10.1. The number of ketones is 1. The Morgan fingerprint density at radius 1 is 1.29 bits per heavy atom. The third-order valence-electron chi connectivity index (χ3n) is 4.38. The summed E-state index contributed by atoms with van der Waals surface area (Å²) >= 11 is 0. The molecule has 1 saturated carbocycles. The summed E-state index contributed by atoms with van der Waals surface area (Å²) in [4.78, 5) is 16.2. The molecule has 1 aromatic rings. The Morgan fingerprint density at radius 2 is 2.00 bits per heavy atom. The lowest BCUT2D eigenvalue weighted by Gasteiger charge is -2.26. The van der Waals surface area contributed by atoms with E-state index in [-0.39, 0.29) is 12.2 Å². The van der Waals surface area contributed by atoms with Gasteiger partial charge in [-0.1, -0.05) is 38.8 Å². The van der Waals surface area contributed by atoms with E-state index >= 15 is 0 Å². The van der Waals surface area contributed by atoms with Crippen molar-refractivity contribution in [1.29, 1.82) is 0 Å². The predicted molar refractivity (Wildman–Crippen MR) is 82.1 cm³/mol. The maximum Gasteiger partial charge on any atom is 0.234 e. The van der Waals surface area contributed by atoms with Gasteiger partial charge in [0.2, 0.25) is 5.89 Å². The quantitative estimate of drug-likeness (QED) is 0.751. The Hall–Kier alpha value is -1.19. The van der Waals surface area contributed by atoms with Gasteiger partial charge in [0.15, 0.2) is 5.82 Å². The van der Waals surface area contributed by atoms with Gasteiger partial charge in [0.25, 0.3) is 0 Å². The normalized spacial score (nSPS) is 22.7. The van der Waals surface area contributed by atoms with Crippen LogP contribution in [0.3, 0.4) is 0 Å². The van der Waals surface area contributed by atoms with Crippen molar-refractivity contribution in [2.45, 2.75) is 78.1 Å². The maximum atomic E-state index is 11.8.